The van der Waals surface area contributed by atoms with Crippen LogP contribution in [-0.2, 0) is 6.54 Å². The van der Waals surface area contributed by atoms with Crippen molar-refractivity contribution < 1.29 is 4.79 Å². The standard InChI is InChI=1S/C13H22N4OS/c1-17(11-6-4-2-3-5-7-11)8-10-9-19-13(15-10)12(18)16-14/h9,11H,2-8,14H2,1H3,(H,16,18). The zero-order valence-electron chi connectivity index (χ0n) is 11.4. The van der Waals surface area contributed by atoms with Crippen molar-refractivity contribution in [3.05, 3.63) is 16.1 Å². The third-order valence-corrected chi connectivity index (χ3v) is 4.63. The first-order valence-corrected chi connectivity index (χ1v) is 7.74. The molecule has 0 aliphatic heterocycles. The van der Waals surface area contributed by atoms with E-state index in [9.17, 15) is 4.79 Å². The quantitative estimate of drug-likeness (QED) is 0.383. The van der Waals surface area contributed by atoms with E-state index in [1.54, 1.807) is 0 Å². The Bertz CT molecular complexity index is 413. The first-order valence-electron chi connectivity index (χ1n) is 6.86. The van der Waals surface area contributed by atoms with Crippen molar-refractivity contribution >= 4 is 17.2 Å². The van der Waals surface area contributed by atoms with Crippen LogP contribution in [0.2, 0.25) is 0 Å². The maximum atomic E-state index is 11.4. The molecule has 1 aromatic rings. The predicted octanol–water partition coefficient (Wildman–Crippen LogP) is 1.90. The fraction of sp³-hybridized carbons (Fsp3) is 0.692. The Labute approximate surface area is 118 Å². The van der Waals surface area contributed by atoms with Gasteiger partial charge in [0.25, 0.3) is 5.91 Å². The first-order chi connectivity index (χ1) is 9.20. The zero-order chi connectivity index (χ0) is 13.7. The molecule has 1 aromatic heterocycles. The van der Waals surface area contributed by atoms with Gasteiger partial charge in [0.05, 0.1) is 5.69 Å². The lowest BCUT2D eigenvalue weighted by atomic mass is 10.1. The number of nitrogens with one attached hydrogen (secondary N) is 1. The summed E-state index contributed by atoms with van der Waals surface area (Å²) < 4.78 is 0. The monoisotopic (exact) mass is 282 g/mol. The molecule has 0 unspecified atom stereocenters. The highest BCUT2D eigenvalue weighted by atomic mass is 32.1. The molecule has 0 radical (unpaired) electrons. The number of rotatable bonds is 4. The smallest absolute Gasteiger partial charge is 0.294 e. The van der Waals surface area contributed by atoms with E-state index in [0.29, 0.717) is 11.0 Å². The van der Waals surface area contributed by atoms with Crippen molar-refractivity contribution in [1.82, 2.24) is 15.3 Å². The number of hydrogen-bond donors (Lipinski definition) is 2. The molecule has 5 nitrogen and oxygen atoms in total. The Morgan fingerprint density at radius 1 is 1.47 bits per heavy atom. The van der Waals surface area contributed by atoms with Crippen LogP contribution in [0.3, 0.4) is 0 Å². The highest BCUT2D eigenvalue weighted by Gasteiger charge is 2.18. The molecule has 1 heterocycles. The summed E-state index contributed by atoms with van der Waals surface area (Å²) in [6.07, 6.45) is 7.93. The normalized spacial score (nSPS) is 17.4. The average molecular weight is 282 g/mol. The lowest BCUT2D eigenvalue weighted by Gasteiger charge is -2.26. The number of nitrogens with two attached hydrogens (primary N) is 1. The molecule has 6 heteroatoms. The number of nitrogen functional groups attached to an aromatic ring is 1. The summed E-state index contributed by atoms with van der Waals surface area (Å²) in [5.74, 6) is 4.79. The summed E-state index contributed by atoms with van der Waals surface area (Å²) in [6, 6.07) is 0.649. The third-order valence-electron chi connectivity index (χ3n) is 3.74. The molecule has 1 amide bonds. The van der Waals surface area contributed by atoms with E-state index in [2.05, 4.69) is 22.4 Å². The fourth-order valence-corrected chi connectivity index (χ4v) is 3.34. The molecule has 0 aromatic carbocycles. The van der Waals surface area contributed by atoms with Gasteiger partial charge < -0.3 is 0 Å². The van der Waals surface area contributed by atoms with Gasteiger partial charge in [0.15, 0.2) is 5.01 Å². The Balaban J connectivity index is 1.92. The maximum absolute atomic E-state index is 11.4. The number of carbonyl (C=O) groups excluding carboxylic acids is 1. The van der Waals surface area contributed by atoms with E-state index in [4.69, 9.17) is 5.84 Å². The molecular weight excluding hydrogens is 260 g/mol. The van der Waals surface area contributed by atoms with Gasteiger partial charge in [-0.25, -0.2) is 10.8 Å². The minimum atomic E-state index is -0.312. The van der Waals surface area contributed by atoms with E-state index >= 15 is 0 Å². The van der Waals surface area contributed by atoms with Crippen LogP contribution in [0.15, 0.2) is 5.38 Å². The summed E-state index contributed by atoms with van der Waals surface area (Å²) in [6.45, 7) is 0.805. The lowest BCUT2D eigenvalue weighted by Crippen LogP contribution is -2.31. The van der Waals surface area contributed by atoms with Gasteiger partial charge in [-0.05, 0) is 19.9 Å². The average Bonchev–Trinajstić information content (AvgIpc) is 2.71. The van der Waals surface area contributed by atoms with Gasteiger partial charge in [-0.2, -0.15) is 0 Å². The molecule has 1 saturated carbocycles. The third kappa shape index (κ3) is 3.99. The Hall–Kier alpha value is -0.980. The number of aromatic nitrogens is 1. The number of thiazole rings is 1. The van der Waals surface area contributed by atoms with Gasteiger partial charge in [-0.3, -0.25) is 15.1 Å². The van der Waals surface area contributed by atoms with E-state index in [-0.39, 0.29) is 5.91 Å². The van der Waals surface area contributed by atoms with Gasteiger partial charge in [-0.15, -0.1) is 11.3 Å². The first kappa shape index (κ1) is 14.4. The van der Waals surface area contributed by atoms with Crippen molar-refractivity contribution in [2.24, 2.45) is 5.84 Å². The summed E-state index contributed by atoms with van der Waals surface area (Å²) in [5.41, 5.74) is 3.07. The highest BCUT2D eigenvalue weighted by Crippen LogP contribution is 2.22. The van der Waals surface area contributed by atoms with Crippen LogP contribution in [0.1, 0.15) is 54.0 Å². The minimum Gasteiger partial charge on any atom is -0.298 e. The Kier molecular flexibility index (Phi) is 5.30. The van der Waals surface area contributed by atoms with Crippen molar-refractivity contribution in [2.75, 3.05) is 7.05 Å². The molecular formula is C13H22N4OS. The van der Waals surface area contributed by atoms with Crippen molar-refractivity contribution in [1.29, 1.82) is 0 Å². The van der Waals surface area contributed by atoms with Gasteiger partial charge in [-0.1, -0.05) is 25.7 Å². The largest absolute Gasteiger partial charge is 0.298 e. The van der Waals surface area contributed by atoms with Gasteiger partial charge >= 0.3 is 0 Å². The molecule has 1 aliphatic carbocycles. The van der Waals surface area contributed by atoms with E-state index in [0.717, 1.165) is 12.2 Å². The van der Waals surface area contributed by atoms with E-state index < -0.39 is 0 Å². The zero-order valence-corrected chi connectivity index (χ0v) is 12.2. The molecule has 1 aliphatic rings. The van der Waals surface area contributed by atoms with Gasteiger partial charge in [0, 0.05) is 18.0 Å². The van der Waals surface area contributed by atoms with Crippen LogP contribution in [0.4, 0.5) is 0 Å². The Morgan fingerprint density at radius 2 is 2.16 bits per heavy atom. The predicted molar refractivity (Wildman–Crippen MR) is 76.7 cm³/mol. The molecule has 19 heavy (non-hydrogen) atoms. The van der Waals surface area contributed by atoms with Crippen LogP contribution in [0.5, 0.6) is 0 Å². The van der Waals surface area contributed by atoms with Crippen LogP contribution >= 0.6 is 11.3 Å². The molecule has 0 saturated heterocycles. The molecule has 0 bridgehead atoms. The second-order valence-electron chi connectivity index (χ2n) is 5.18. The summed E-state index contributed by atoms with van der Waals surface area (Å²) in [4.78, 5) is 18.0. The summed E-state index contributed by atoms with van der Waals surface area (Å²) >= 11 is 1.35. The number of carbonyl (C=O) groups is 1. The van der Waals surface area contributed by atoms with Crippen LogP contribution in [-0.4, -0.2) is 28.9 Å². The van der Waals surface area contributed by atoms with E-state index in [1.807, 2.05) is 5.38 Å². The maximum Gasteiger partial charge on any atom is 0.294 e. The summed E-state index contributed by atoms with van der Waals surface area (Å²) in [7, 11) is 2.15. The molecule has 2 rings (SSSR count). The molecule has 1 fully saturated rings. The van der Waals surface area contributed by atoms with Crippen molar-refractivity contribution in [3.8, 4) is 0 Å². The number of hydrazine groups is 1. The van der Waals surface area contributed by atoms with Crippen LogP contribution in [0, 0.1) is 0 Å². The van der Waals surface area contributed by atoms with E-state index in [1.165, 1.54) is 49.9 Å². The fourth-order valence-electron chi connectivity index (χ4n) is 2.63. The number of amides is 1. The SMILES string of the molecule is CN(Cc1csc(C(=O)NN)n1)C1CCCCCC1. The minimum absolute atomic E-state index is 0.312. The molecule has 3 N–H and O–H groups in total. The number of hydrogen-bond acceptors (Lipinski definition) is 5. The van der Waals surface area contributed by atoms with Crippen molar-refractivity contribution in [2.45, 2.75) is 51.1 Å². The number of nitrogens with zero attached hydrogens (tertiary/aromatic N) is 2. The molecule has 0 spiro atoms. The van der Waals surface area contributed by atoms with Gasteiger partial charge in [0.2, 0.25) is 0 Å². The van der Waals surface area contributed by atoms with Crippen LogP contribution < -0.4 is 11.3 Å². The summed E-state index contributed by atoms with van der Waals surface area (Å²) in [5, 5.41) is 2.38. The Morgan fingerprint density at radius 3 is 2.79 bits per heavy atom. The van der Waals surface area contributed by atoms with Crippen LogP contribution in [0.25, 0.3) is 0 Å². The lowest BCUT2D eigenvalue weighted by molar-refractivity contribution is 0.0953. The highest BCUT2D eigenvalue weighted by molar-refractivity contribution is 7.11. The van der Waals surface area contributed by atoms with Gasteiger partial charge in [0.1, 0.15) is 0 Å². The molecule has 106 valence electrons. The molecule has 0 atom stereocenters. The second kappa shape index (κ2) is 6.98. The second-order valence-corrected chi connectivity index (χ2v) is 6.04. The van der Waals surface area contributed by atoms with Crippen molar-refractivity contribution in [3.63, 3.8) is 0 Å². The topological polar surface area (TPSA) is 71.2 Å².